The van der Waals surface area contributed by atoms with E-state index in [0.29, 0.717) is 17.2 Å². The van der Waals surface area contributed by atoms with E-state index in [0.717, 1.165) is 12.1 Å². The molecule has 0 saturated carbocycles. The SMILES string of the molecule is O=S(=O)(NCc1ccc(CO)cc1)c1ccc(F)cc1F. The number of benzene rings is 2. The third-order valence-electron chi connectivity index (χ3n) is 2.86. The van der Waals surface area contributed by atoms with Gasteiger partial charge < -0.3 is 5.11 Å². The molecule has 0 atom stereocenters. The van der Waals surface area contributed by atoms with Gasteiger partial charge in [0.05, 0.1) is 6.61 Å². The van der Waals surface area contributed by atoms with Crippen LogP contribution in [-0.4, -0.2) is 13.5 Å². The lowest BCUT2D eigenvalue weighted by Gasteiger charge is -2.08. The predicted octanol–water partition coefficient (Wildman–Crippen LogP) is 1.94. The molecule has 0 amide bonds. The molecule has 0 aliphatic heterocycles. The Kier molecular flexibility index (Phi) is 4.66. The molecule has 2 rings (SSSR count). The normalized spacial score (nSPS) is 11.6. The van der Waals surface area contributed by atoms with E-state index in [2.05, 4.69) is 4.72 Å². The van der Waals surface area contributed by atoms with Crippen LogP contribution >= 0.6 is 0 Å². The zero-order chi connectivity index (χ0) is 15.5. The van der Waals surface area contributed by atoms with Crippen LogP contribution in [0.4, 0.5) is 8.78 Å². The Morgan fingerprint density at radius 3 is 2.19 bits per heavy atom. The number of hydrogen-bond donors (Lipinski definition) is 2. The minimum absolute atomic E-state index is 0.0368. The van der Waals surface area contributed by atoms with Gasteiger partial charge in [-0.05, 0) is 23.3 Å². The van der Waals surface area contributed by atoms with Crippen LogP contribution in [-0.2, 0) is 23.2 Å². The molecule has 2 aromatic carbocycles. The molecule has 0 spiro atoms. The molecule has 0 saturated heterocycles. The van der Waals surface area contributed by atoms with Gasteiger partial charge in [-0.1, -0.05) is 24.3 Å². The fourth-order valence-electron chi connectivity index (χ4n) is 1.71. The van der Waals surface area contributed by atoms with Crippen LogP contribution in [0.25, 0.3) is 0 Å². The highest BCUT2D eigenvalue weighted by Crippen LogP contribution is 2.16. The lowest BCUT2D eigenvalue weighted by molar-refractivity contribution is 0.282. The number of aliphatic hydroxyl groups is 1. The maximum atomic E-state index is 13.5. The maximum Gasteiger partial charge on any atom is 0.243 e. The number of nitrogens with one attached hydrogen (secondary N) is 1. The van der Waals surface area contributed by atoms with Crippen molar-refractivity contribution in [1.82, 2.24) is 4.72 Å². The lowest BCUT2D eigenvalue weighted by atomic mass is 10.1. The zero-order valence-corrected chi connectivity index (χ0v) is 11.7. The van der Waals surface area contributed by atoms with Crippen molar-refractivity contribution in [3.05, 3.63) is 65.2 Å². The van der Waals surface area contributed by atoms with Crippen molar-refractivity contribution in [2.45, 2.75) is 18.0 Å². The number of sulfonamides is 1. The van der Waals surface area contributed by atoms with Gasteiger partial charge in [0.15, 0.2) is 0 Å². The van der Waals surface area contributed by atoms with Crippen molar-refractivity contribution in [3.8, 4) is 0 Å². The van der Waals surface area contributed by atoms with Gasteiger partial charge in [-0.2, -0.15) is 0 Å². The Morgan fingerprint density at radius 2 is 1.62 bits per heavy atom. The van der Waals surface area contributed by atoms with Crippen molar-refractivity contribution < 1.29 is 22.3 Å². The molecule has 112 valence electrons. The van der Waals surface area contributed by atoms with Crippen LogP contribution < -0.4 is 4.72 Å². The van der Waals surface area contributed by atoms with E-state index < -0.39 is 26.6 Å². The quantitative estimate of drug-likeness (QED) is 0.886. The number of hydrogen-bond acceptors (Lipinski definition) is 3. The number of aliphatic hydroxyl groups excluding tert-OH is 1. The van der Waals surface area contributed by atoms with Gasteiger partial charge in [0.25, 0.3) is 0 Å². The molecular weight excluding hydrogens is 300 g/mol. The first kappa shape index (κ1) is 15.6. The number of halogens is 2. The van der Waals surface area contributed by atoms with Gasteiger partial charge >= 0.3 is 0 Å². The Labute approximate surface area is 121 Å². The second kappa shape index (κ2) is 6.30. The summed E-state index contributed by atoms with van der Waals surface area (Å²) in [5.41, 5.74) is 1.35. The van der Waals surface area contributed by atoms with Gasteiger partial charge in [0.2, 0.25) is 10.0 Å². The van der Waals surface area contributed by atoms with E-state index in [1.54, 1.807) is 24.3 Å². The van der Waals surface area contributed by atoms with Crippen LogP contribution in [0.5, 0.6) is 0 Å². The van der Waals surface area contributed by atoms with E-state index in [9.17, 15) is 17.2 Å². The van der Waals surface area contributed by atoms with Crippen LogP contribution in [0.1, 0.15) is 11.1 Å². The molecule has 0 unspecified atom stereocenters. The first-order valence-corrected chi connectivity index (χ1v) is 7.54. The predicted molar refractivity (Wildman–Crippen MR) is 72.7 cm³/mol. The molecule has 0 radical (unpaired) electrons. The van der Waals surface area contributed by atoms with Crippen molar-refractivity contribution in [2.24, 2.45) is 0 Å². The summed E-state index contributed by atoms with van der Waals surface area (Å²) in [4.78, 5) is -0.601. The van der Waals surface area contributed by atoms with Crippen LogP contribution in [0, 0.1) is 11.6 Å². The van der Waals surface area contributed by atoms with Crippen molar-refractivity contribution in [1.29, 1.82) is 0 Å². The third-order valence-corrected chi connectivity index (χ3v) is 4.29. The largest absolute Gasteiger partial charge is 0.392 e. The molecule has 0 aliphatic rings. The van der Waals surface area contributed by atoms with Crippen molar-refractivity contribution in [3.63, 3.8) is 0 Å². The smallest absolute Gasteiger partial charge is 0.243 e. The standard InChI is InChI=1S/C14H13F2NO3S/c15-12-5-6-14(13(16)7-12)21(19,20)17-8-10-1-3-11(9-18)4-2-10/h1-7,17-18H,8-9H2. The Bertz CT molecular complexity index is 730. The van der Waals surface area contributed by atoms with Gasteiger partial charge in [0.1, 0.15) is 16.5 Å². The minimum Gasteiger partial charge on any atom is -0.392 e. The highest BCUT2D eigenvalue weighted by molar-refractivity contribution is 7.89. The fourth-order valence-corrected chi connectivity index (χ4v) is 2.79. The summed E-state index contributed by atoms with van der Waals surface area (Å²) < 4.78 is 52.4. The second-order valence-electron chi connectivity index (χ2n) is 4.37. The maximum absolute atomic E-state index is 13.5. The summed E-state index contributed by atoms with van der Waals surface area (Å²) in [5, 5.41) is 8.91. The zero-order valence-electron chi connectivity index (χ0n) is 10.9. The molecule has 7 heteroatoms. The average Bonchev–Trinajstić information content (AvgIpc) is 2.45. The topological polar surface area (TPSA) is 66.4 Å². The van der Waals surface area contributed by atoms with E-state index in [1.807, 2.05) is 0 Å². The monoisotopic (exact) mass is 313 g/mol. The average molecular weight is 313 g/mol. The minimum atomic E-state index is -4.06. The van der Waals surface area contributed by atoms with Crippen molar-refractivity contribution in [2.75, 3.05) is 0 Å². The van der Waals surface area contributed by atoms with Gasteiger partial charge in [-0.25, -0.2) is 21.9 Å². The molecular formula is C14H13F2NO3S. The molecule has 0 fully saturated rings. The summed E-state index contributed by atoms with van der Waals surface area (Å²) in [6, 6.07) is 8.88. The Hall–Kier alpha value is -1.83. The van der Waals surface area contributed by atoms with Crippen LogP contribution in [0.15, 0.2) is 47.4 Å². The van der Waals surface area contributed by atoms with E-state index in [-0.39, 0.29) is 13.2 Å². The first-order valence-electron chi connectivity index (χ1n) is 6.06. The van der Waals surface area contributed by atoms with Crippen LogP contribution in [0.3, 0.4) is 0 Å². The fraction of sp³-hybridized carbons (Fsp3) is 0.143. The molecule has 0 heterocycles. The first-order chi connectivity index (χ1) is 9.92. The second-order valence-corrected chi connectivity index (χ2v) is 6.11. The molecule has 4 nitrogen and oxygen atoms in total. The van der Waals surface area contributed by atoms with Gasteiger partial charge in [-0.3, -0.25) is 0 Å². The van der Waals surface area contributed by atoms with Crippen LogP contribution in [0.2, 0.25) is 0 Å². The Balaban J connectivity index is 2.13. The van der Waals surface area contributed by atoms with Gasteiger partial charge in [-0.15, -0.1) is 0 Å². The third kappa shape index (κ3) is 3.84. The highest BCUT2D eigenvalue weighted by Gasteiger charge is 2.19. The molecule has 0 aromatic heterocycles. The summed E-state index contributed by atoms with van der Waals surface area (Å²) >= 11 is 0. The van der Waals surface area contributed by atoms with E-state index in [4.69, 9.17) is 5.11 Å². The summed E-state index contributed by atoms with van der Waals surface area (Å²) in [7, 11) is -4.06. The highest BCUT2D eigenvalue weighted by atomic mass is 32.2. The number of rotatable bonds is 5. The summed E-state index contributed by atoms with van der Waals surface area (Å²) in [6.45, 7) is -0.141. The molecule has 2 N–H and O–H groups in total. The van der Waals surface area contributed by atoms with Gasteiger partial charge in [0, 0.05) is 12.6 Å². The molecule has 21 heavy (non-hydrogen) atoms. The molecule has 0 bridgehead atoms. The van der Waals surface area contributed by atoms with E-state index in [1.165, 1.54) is 0 Å². The summed E-state index contributed by atoms with van der Waals surface area (Å²) in [5.74, 6) is -1.98. The Morgan fingerprint density at radius 1 is 1.00 bits per heavy atom. The summed E-state index contributed by atoms with van der Waals surface area (Å²) in [6.07, 6.45) is 0. The molecule has 0 aliphatic carbocycles. The van der Waals surface area contributed by atoms with Crippen molar-refractivity contribution >= 4 is 10.0 Å². The molecule has 2 aromatic rings. The lowest BCUT2D eigenvalue weighted by Crippen LogP contribution is -2.24. The van der Waals surface area contributed by atoms with E-state index >= 15 is 0 Å².